The van der Waals surface area contributed by atoms with E-state index in [0.717, 1.165) is 31.4 Å². The van der Waals surface area contributed by atoms with E-state index in [-0.39, 0.29) is 18.7 Å². The number of hydrogen-bond donors (Lipinski definition) is 3. The van der Waals surface area contributed by atoms with Gasteiger partial charge in [0.15, 0.2) is 0 Å². The Morgan fingerprint density at radius 3 is 2.73 bits per heavy atom. The quantitative estimate of drug-likeness (QED) is 0.773. The monoisotopic (exact) mass is 322 g/mol. The number of thioether (sulfide) groups is 1. The van der Waals surface area contributed by atoms with Crippen LogP contribution in [0.3, 0.4) is 0 Å². The lowest BCUT2D eigenvalue weighted by molar-refractivity contribution is 0.176. The van der Waals surface area contributed by atoms with E-state index in [9.17, 15) is 4.79 Å². The van der Waals surface area contributed by atoms with Gasteiger partial charge in [0, 0.05) is 23.6 Å². The third kappa shape index (κ3) is 4.92. The Balaban J connectivity index is 1.84. The minimum absolute atomic E-state index is 0.138. The zero-order valence-electron chi connectivity index (χ0n) is 13.3. The molecule has 3 N–H and O–H groups in total. The molecule has 1 aliphatic carbocycles. The van der Waals surface area contributed by atoms with Crippen LogP contribution in [0.5, 0.6) is 0 Å². The summed E-state index contributed by atoms with van der Waals surface area (Å²) in [5.74, 6) is 0.408. The van der Waals surface area contributed by atoms with Crippen LogP contribution in [0.25, 0.3) is 0 Å². The highest BCUT2D eigenvalue weighted by atomic mass is 32.2. The maximum atomic E-state index is 12.1. The van der Waals surface area contributed by atoms with Crippen molar-refractivity contribution < 1.29 is 9.90 Å². The maximum Gasteiger partial charge on any atom is 0.319 e. The Morgan fingerprint density at radius 2 is 2.09 bits per heavy atom. The van der Waals surface area contributed by atoms with E-state index in [4.69, 9.17) is 5.11 Å². The fourth-order valence-electron chi connectivity index (χ4n) is 2.85. The van der Waals surface area contributed by atoms with Crippen LogP contribution in [-0.2, 0) is 0 Å². The molecule has 2 rings (SSSR count). The second-order valence-corrected chi connectivity index (χ2v) is 7.18. The molecular weight excluding hydrogens is 296 g/mol. The summed E-state index contributed by atoms with van der Waals surface area (Å²) < 4.78 is 0. The van der Waals surface area contributed by atoms with Gasteiger partial charge in [0.25, 0.3) is 0 Å². The molecule has 122 valence electrons. The summed E-state index contributed by atoms with van der Waals surface area (Å²) in [5, 5.41) is 15.5. The number of nitrogens with one attached hydrogen (secondary N) is 2. The molecule has 5 heteroatoms. The molecule has 1 fully saturated rings. The smallest absolute Gasteiger partial charge is 0.319 e. The molecule has 1 aromatic carbocycles. The van der Waals surface area contributed by atoms with Gasteiger partial charge in [-0.05, 0) is 62.5 Å². The molecule has 0 aromatic heterocycles. The van der Waals surface area contributed by atoms with Crippen LogP contribution in [0.1, 0.15) is 43.4 Å². The first-order valence-corrected chi connectivity index (χ1v) is 9.22. The zero-order chi connectivity index (χ0) is 15.9. The molecule has 0 heterocycles. The summed E-state index contributed by atoms with van der Waals surface area (Å²) in [6.45, 7) is 2.42. The lowest BCUT2D eigenvalue weighted by atomic mass is 9.87. The Labute approximate surface area is 137 Å². The van der Waals surface area contributed by atoms with Crippen LogP contribution in [0.4, 0.5) is 10.5 Å². The molecule has 1 aliphatic rings. The Bertz CT molecular complexity index is 487. The van der Waals surface area contributed by atoms with Gasteiger partial charge in [-0.25, -0.2) is 4.79 Å². The molecule has 1 unspecified atom stereocenters. The van der Waals surface area contributed by atoms with Crippen LogP contribution in [-0.4, -0.2) is 30.0 Å². The van der Waals surface area contributed by atoms with Crippen LogP contribution >= 0.6 is 11.8 Å². The SMILES string of the molecule is CSC(C)c1cccc(NC(=O)NC2CCC(CO)CC2)c1. The second-order valence-electron chi connectivity index (χ2n) is 6.00. The molecule has 0 aliphatic heterocycles. The molecule has 1 saturated carbocycles. The van der Waals surface area contributed by atoms with Gasteiger partial charge >= 0.3 is 6.03 Å². The number of carbonyl (C=O) groups is 1. The average molecular weight is 322 g/mol. The summed E-state index contributed by atoms with van der Waals surface area (Å²) in [6.07, 6.45) is 5.95. The maximum absolute atomic E-state index is 12.1. The standard InChI is InChI=1S/C17H26N2O2S/c1-12(22-2)14-4-3-5-16(10-14)19-17(21)18-15-8-6-13(11-20)7-9-15/h3-5,10,12-13,15,20H,6-9,11H2,1-2H3,(H2,18,19,21). The first-order valence-electron chi connectivity index (χ1n) is 7.93. The predicted octanol–water partition coefficient (Wildman–Crippen LogP) is 3.78. The van der Waals surface area contributed by atoms with Gasteiger partial charge in [-0.2, -0.15) is 11.8 Å². The summed E-state index contributed by atoms with van der Waals surface area (Å²) in [4.78, 5) is 12.1. The van der Waals surface area contributed by atoms with Crippen molar-refractivity contribution in [3.63, 3.8) is 0 Å². The summed E-state index contributed by atoms with van der Waals surface area (Å²) >= 11 is 1.79. The van der Waals surface area contributed by atoms with Gasteiger partial charge in [-0.15, -0.1) is 0 Å². The molecule has 2 amide bonds. The Kier molecular flexibility index (Phi) is 6.58. The van der Waals surface area contributed by atoms with E-state index in [1.165, 1.54) is 5.56 Å². The Morgan fingerprint density at radius 1 is 1.36 bits per heavy atom. The van der Waals surface area contributed by atoms with Crippen molar-refractivity contribution in [3.8, 4) is 0 Å². The summed E-state index contributed by atoms with van der Waals surface area (Å²) in [5.41, 5.74) is 2.05. The van der Waals surface area contributed by atoms with Crippen molar-refractivity contribution in [2.24, 2.45) is 5.92 Å². The lowest BCUT2D eigenvalue weighted by Crippen LogP contribution is -2.40. The van der Waals surface area contributed by atoms with E-state index in [1.54, 1.807) is 11.8 Å². The number of anilines is 1. The van der Waals surface area contributed by atoms with Crippen molar-refractivity contribution >= 4 is 23.5 Å². The van der Waals surface area contributed by atoms with Crippen molar-refractivity contribution in [2.45, 2.75) is 43.9 Å². The minimum atomic E-state index is -0.138. The topological polar surface area (TPSA) is 61.4 Å². The molecule has 4 nitrogen and oxygen atoms in total. The number of carbonyl (C=O) groups excluding carboxylic acids is 1. The molecule has 1 atom stereocenters. The van der Waals surface area contributed by atoms with Crippen LogP contribution in [0.2, 0.25) is 0 Å². The summed E-state index contributed by atoms with van der Waals surface area (Å²) in [7, 11) is 0. The molecule has 0 saturated heterocycles. The van der Waals surface area contributed by atoms with E-state index < -0.39 is 0 Å². The normalized spacial score (nSPS) is 22.9. The lowest BCUT2D eigenvalue weighted by Gasteiger charge is -2.28. The third-order valence-corrected chi connectivity index (χ3v) is 5.39. The average Bonchev–Trinajstić information content (AvgIpc) is 2.55. The molecule has 0 radical (unpaired) electrons. The van der Waals surface area contributed by atoms with E-state index >= 15 is 0 Å². The fourth-order valence-corrected chi connectivity index (χ4v) is 3.27. The van der Waals surface area contributed by atoms with Gasteiger partial charge in [-0.3, -0.25) is 0 Å². The van der Waals surface area contributed by atoms with Crippen molar-refractivity contribution in [2.75, 3.05) is 18.2 Å². The first-order chi connectivity index (χ1) is 10.6. The number of aliphatic hydroxyl groups excluding tert-OH is 1. The highest BCUT2D eigenvalue weighted by molar-refractivity contribution is 7.98. The minimum Gasteiger partial charge on any atom is -0.396 e. The molecular formula is C17H26N2O2S. The summed E-state index contributed by atoms with van der Waals surface area (Å²) in [6, 6.07) is 8.09. The number of amides is 2. The molecule has 0 spiro atoms. The van der Waals surface area contributed by atoms with Crippen LogP contribution < -0.4 is 10.6 Å². The highest BCUT2D eigenvalue weighted by Gasteiger charge is 2.21. The first kappa shape index (κ1) is 17.2. The van der Waals surface area contributed by atoms with Crippen molar-refractivity contribution in [1.82, 2.24) is 5.32 Å². The Hall–Kier alpha value is -1.20. The number of urea groups is 1. The van der Waals surface area contributed by atoms with Crippen molar-refractivity contribution in [1.29, 1.82) is 0 Å². The molecule has 0 bridgehead atoms. The van der Waals surface area contributed by atoms with Gasteiger partial charge in [0.2, 0.25) is 0 Å². The van der Waals surface area contributed by atoms with Crippen LogP contribution in [0.15, 0.2) is 24.3 Å². The van der Waals surface area contributed by atoms with Gasteiger partial charge in [-0.1, -0.05) is 12.1 Å². The largest absolute Gasteiger partial charge is 0.396 e. The van der Waals surface area contributed by atoms with E-state index in [0.29, 0.717) is 11.2 Å². The van der Waals surface area contributed by atoms with Gasteiger partial charge < -0.3 is 15.7 Å². The predicted molar refractivity (Wildman–Crippen MR) is 93.4 cm³/mol. The number of benzene rings is 1. The molecule has 22 heavy (non-hydrogen) atoms. The van der Waals surface area contributed by atoms with Crippen LogP contribution in [0, 0.1) is 5.92 Å². The van der Waals surface area contributed by atoms with Gasteiger partial charge in [0.1, 0.15) is 0 Å². The van der Waals surface area contributed by atoms with Gasteiger partial charge in [0.05, 0.1) is 0 Å². The second kappa shape index (κ2) is 8.44. The highest BCUT2D eigenvalue weighted by Crippen LogP contribution is 2.27. The van der Waals surface area contributed by atoms with E-state index in [1.807, 2.05) is 18.2 Å². The fraction of sp³-hybridized carbons (Fsp3) is 0.588. The number of aliphatic hydroxyl groups is 1. The van der Waals surface area contributed by atoms with Crippen molar-refractivity contribution in [3.05, 3.63) is 29.8 Å². The molecule has 1 aromatic rings. The van der Waals surface area contributed by atoms with E-state index in [2.05, 4.69) is 29.9 Å². The number of rotatable bonds is 5. The zero-order valence-corrected chi connectivity index (χ0v) is 14.2. The third-order valence-electron chi connectivity index (χ3n) is 4.41. The number of hydrogen-bond acceptors (Lipinski definition) is 3.